The first-order valence-electron chi connectivity index (χ1n) is 3.87. The van der Waals surface area contributed by atoms with Crippen LogP contribution in [0.15, 0.2) is 18.3 Å². The molecule has 0 fully saturated rings. The molecular weight excluding hydrogens is 259 g/mol. The van der Waals surface area contributed by atoms with E-state index in [-0.39, 0.29) is 0 Å². The number of nitrogens with zero attached hydrogens (tertiary/aromatic N) is 1. The molecular formula is C8H12N2OSn. The number of primary amides is 1. The Kier molecular flexibility index (Phi) is 3.08. The van der Waals surface area contributed by atoms with E-state index in [1.54, 1.807) is 12.3 Å². The quantitative estimate of drug-likeness (QED) is 0.762. The molecule has 0 aliphatic carbocycles. The van der Waals surface area contributed by atoms with Gasteiger partial charge in [0.1, 0.15) is 0 Å². The van der Waals surface area contributed by atoms with Crippen LogP contribution in [0.4, 0.5) is 0 Å². The van der Waals surface area contributed by atoms with Gasteiger partial charge in [-0.2, -0.15) is 0 Å². The molecule has 4 heteroatoms. The van der Waals surface area contributed by atoms with E-state index in [1.807, 2.05) is 6.07 Å². The molecule has 0 saturated heterocycles. The summed E-state index contributed by atoms with van der Waals surface area (Å²) in [5, 5.41) is 0. The van der Waals surface area contributed by atoms with E-state index >= 15 is 0 Å². The number of aromatic nitrogens is 1. The van der Waals surface area contributed by atoms with Crippen LogP contribution in [0.5, 0.6) is 0 Å². The van der Waals surface area contributed by atoms with Crippen LogP contribution >= 0.6 is 0 Å². The van der Waals surface area contributed by atoms with E-state index in [1.165, 1.54) is 3.71 Å². The Balaban J connectivity index is 2.93. The number of amides is 1. The van der Waals surface area contributed by atoms with E-state index in [0.29, 0.717) is 5.56 Å². The summed E-state index contributed by atoms with van der Waals surface area (Å²) >= 11 is -1.47. The first-order valence-corrected chi connectivity index (χ1v) is 12.1. The Morgan fingerprint density at radius 2 is 2.17 bits per heavy atom. The van der Waals surface area contributed by atoms with Gasteiger partial charge in [-0.05, 0) is 0 Å². The normalized spacial score (nSPS) is 10.2. The molecule has 0 atom stereocenters. The van der Waals surface area contributed by atoms with Gasteiger partial charge < -0.3 is 0 Å². The molecule has 0 aliphatic rings. The number of hydrogen-bond donors (Lipinski definition) is 1. The summed E-state index contributed by atoms with van der Waals surface area (Å²) in [6, 6.07) is 3.67. The number of hydrogen-bond acceptors (Lipinski definition) is 2. The molecule has 0 radical (unpaired) electrons. The van der Waals surface area contributed by atoms with Gasteiger partial charge in [-0.3, -0.25) is 0 Å². The summed E-state index contributed by atoms with van der Waals surface area (Å²) in [6.45, 7) is 0. The van der Waals surface area contributed by atoms with E-state index < -0.39 is 25.7 Å². The van der Waals surface area contributed by atoms with Crippen molar-refractivity contribution in [1.29, 1.82) is 0 Å². The monoisotopic (exact) mass is 272 g/mol. The molecule has 1 heterocycles. The van der Waals surface area contributed by atoms with Gasteiger partial charge in [0.05, 0.1) is 0 Å². The zero-order valence-electron chi connectivity index (χ0n) is 7.24. The van der Waals surface area contributed by atoms with Gasteiger partial charge >= 0.3 is 78.7 Å². The SMILES string of the molecule is [CH3][SnH]([CH3])[c]1ccc(C(N)=O)cn1. The Morgan fingerprint density at radius 3 is 2.50 bits per heavy atom. The van der Waals surface area contributed by atoms with Crippen LogP contribution in [0, 0.1) is 0 Å². The predicted octanol–water partition coefficient (Wildman–Crippen LogP) is -0.126. The van der Waals surface area contributed by atoms with Gasteiger partial charge in [0.15, 0.2) is 0 Å². The van der Waals surface area contributed by atoms with Crippen molar-refractivity contribution in [2.24, 2.45) is 5.73 Å². The van der Waals surface area contributed by atoms with Crippen molar-refractivity contribution < 1.29 is 4.79 Å². The van der Waals surface area contributed by atoms with Crippen molar-refractivity contribution in [3.8, 4) is 0 Å². The summed E-state index contributed by atoms with van der Waals surface area (Å²) < 4.78 is 1.18. The van der Waals surface area contributed by atoms with Crippen molar-refractivity contribution in [3.63, 3.8) is 0 Å². The Morgan fingerprint density at radius 1 is 1.50 bits per heavy atom. The van der Waals surface area contributed by atoms with Crippen molar-refractivity contribution in [2.75, 3.05) is 0 Å². The molecule has 1 rings (SSSR count). The fourth-order valence-corrected chi connectivity index (χ4v) is 3.33. The average molecular weight is 271 g/mol. The number of nitrogens with two attached hydrogens (primary N) is 1. The molecule has 3 nitrogen and oxygen atoms in total. The maximum absolute atomic E-state index is 10.7. The molecule has 0 spiro atoms. The van der Waals surface area contributed by atoms with Crippen molar-refractivity contribution >= 4 is 29.4 Å². The number of rotatable bonds is 2. The molecule has 2 N–H and O–H groups in total. The zero-order chi connectivity index (χ0) is 9.14. The maximum atomic E-state index is 10.7. The van der Waals surface area contributed by atoms with E-state index in [0.717, 1.165) is 0 Å². The molecule has 12 heavy (non-hydrogen) atoms. The van der Waals surface area contributed by atoms with Crippen LogP contribution < -0.4 is 9.44 Å². The predicted molar refractivity (Wildman–Crippen MR) is 51.3 cm³/mol. The fourth-order valence-electron chi connectivity index (χ4n) is 0.893. The third-order valence-electron chi connectivity index (χ3n) is 1.66. The van der Waals surface area contributed by atoms with Crippen molar-refractivity contribution in [1.82, 2.24) is 4.98 Å². The summed E-state index contributed by atoms with van der Waals surface area (Å²) in [6.07, 6.45) is 1.56. The molecule has 64 valence electrons. The standard InChI is InChI=1S/C6H5N2O.2CH3.Sn.H/c7-6(9)5-2-1-3-8-4-5;;;;/h1-2,4H,(H2,7,9);2*1H3;;. The topological polar surface area (TPSA) is 56.0 Å². The van der Waals surface area contributed by atoms with E-state index in [2.05, 4.69) is 14.9 Å². The minimum absolute atomic E-state index is 0.409. The number of carbonyl (C=O) groups is 1. The van der Waals surface area contributed by atoms with Crippen LogP contribution in [0.1, 0.15) is 10.4 Å². The van der Waals surface area contributed by atoms with Crippen LogP contribution in [0.3, 0.4) is 0 Å². The fraction of sp³-hybridized carbons (Fsp3) is 0.250. The molecule has 1 aromatic rings. The summed E-state index contributed by atoms with van der Waals surface area (Å²) in [7, 11) is 0. The van der Waals surface area contributed by atoms with Crippen LogP contribution in [0.2, 0.25) is 9.88 Å². The molecule has 0 aliphatic heterocycles. The Labute approximate surface area is 78.7 Å². The number of carbonyl (C=O) groups excluding carboxylic acids is 1. The van der Waals surface area contributed by atoms with Gasteiger partial charge in [-0.15, -0.1) is 0 Å². The van der Waals surface area contributed by atoms with Gasteiger partial charge in [-0.1, -0.05) is 0 Å². The summed E-state index contributed by atoms with van der Waals surface area (Å²) in [5.41, 5.74) is 5.57. The third-order valence-corrected chi connectivity index (χ3v) is 6.01. The molecule has 0 aromatic carbocycles. The molecule has 0 saturated carbocycles. The summed E-state index contributed by atoms with van der Waals surface area (Å²) in [5.74, 6) is -0.409. The summed E-state index contributed by atoms with van der Waals surface area (Å²) in [4.78, 5) is 19.4. The second-order valence-corrected chi connectivity index (χ2v) is 11.3. The van der Waals surface area contributed by atoms with Gasteiger partial charge in [0, 0.05) is 0 Å². The zero-order valence-corrected chi connectivity index (χ0v) is 10.5. The second-order valence-electron chi connectivity index (χ2n) is 2.99. The Hall–Kier alpha value is -0.581. The van der Waals surface area contributed by atoms with Gasteiger partial charge in [0.2, 0.25) is 0 Å². The van der Waals surface area contributed by atoms with Gasteiger partial charge in [0.25, 0.3) is 0 Å². The molecule has 0 bridgehead atoms. The Bertz CT molecular complexity index is 282. The van der Waals surface area contributed by atoms with Crippen LogP contribution in [0.25, 0.3) is 0 Å². The number of pyridine rings is 1. The van der Waals surface area contributed by atoms with E-state index in [9.17, 15) is 4.79 Å². The molecule has 0 unspecified atom stereocenters. The van der Waals surface area contributed by atoms with Gasteiger partial charge in [-0.25, -0.2) is 0 Å². The minimum atomic E-state index is -1.47. The third kappa shape index (κ3) is 2.20. The first kappa shape index (κ1) is 9.51. The second kappa shape index (κ2) is 3.89. The van der Waals surface area contributed by atoms with Crippen molar-refractivity contribution in [3.05, 3.63) is 23.9 Å². The van der Waals surface area contributed by atoms with Crippen LogP contribution in [-0.4, -0.2) is 30.7 Å². The first-order chi connectivity index (χ1) is 5.61. The van der Waals surface area contributed by atoms with Crippen LogP contribution in [-0.2, 0) is 0 Å². The average Bonchev–Trinajstić information content (AvgIpc) is 2.04. The van der Waals surface area contributed by atoms with Crippen molar-refractivity contribution in [2.45, 2.75) is 9.88 Å². The van der Waals surface area contributed by atoms with E-state index in [4.69, 9.17) is 5.73 Å². The molecule has 1 amide bonds. The molecule has 1 aromatic heterocycles.